The largest absolute Gasteiger partial charge is 0.480 e. The molecule has 152 valence electrons. The molecular weight excluding hydrogens is 332 g/mol. The van der Waals surface area contributed by atoms with Crippen molar-refractivity contribution in [2.45, 2.75) is 92.5 Å². The van der Waals surface area contributed by atoms with Gasteiger partial charge >= 0.3 is 5.97 Å². The Morgan fingerprint density at radius 2 is 1.42 bits per heavy atom. The molecule has 6 heteroatoms. The molecule has 2 amide bonds. The summed E-state index contributed by atoms with van der Waals surface area (Å²) in [6, 6.07) is -1.18. The number of hydrogen-bond donors (Lipinski definition) is 3. The summed E-state index contributed by atoms with van der Waals surface area (Å²) in [6.07, 6.45) is 5.40. The van der Waals surface area contributed by atoms with Gasteiger partial charge in [-0.05, 0) is 23.7 Å². The van der Waals surface area contributed by atoms with Crippen LogP contribution in [-0.4, -0.2) is 35.5 Å². The van der Waals surface area contributed by atoms with Gasteiger partial charge in [-0.15, -0.1) is 0 Å². The molecule has 0 saturated heterocycles. The molecule has 0 unspecified atom stereocenters. The molecule has 0 aliphatic rings. The summed E-state index contributed by atoms with van der Waals surface area (Å²) in [6.45, 7) is 12.9. The monoisotopic (exact) mass is 370 g/mol. The zero-order valence-electron chi connectivity index (χ0n) is 17.4. The zero-order valence-corrected chi connectivity index (χ0v) is 17.4. The molecule has 0 bridgehead atoms. The summed E-state index contributed by atoms with van der Waals surface area (Å²) in [4.78, 5) is 35.1. The molecule has 0 saturated carbocycles. The Morgan fingerprint density at radius 1 is 0.846 bits per heavy atom. The fourth-order valence-corrected chi connectivity index (χ4v) is 2.55. The highest BCUT2D eigenvalue weighted by Crippen LogP contribution is 2.22. The van der Waals surface area contributed by atoms with Crippen molar-refractivity contribution in [1.29, 1.82) is 0 Å². The van der Waals surface area contributed by atoms with Crippen LogP contribution < -0.4 is 10.6 Å². The molecule has 0 aliphatic carbocycles. The Morgan fingerprint density at radius 3 is 1.92 bits per heavy atom. The SMILES string of the molecule is CC(C)(C)CCCCCCNC(=O)C[C@@H](NC(=O)CC(C)(C)C)C(=O)O. The van der Waals surface area contributed by atoms with E-state index in [4.69, 9.17) is 0 Å². The molecule has 26 heavy (non-hydrogen) atoms. The third kappa shape index (κ3) is 14.7. The number of carbonyl (C=O) groups is 3. The molecule has 0 fully saturated rings. The van der Waals surface area contributed by atoms with Gasteiger partial charge in [-0.1, -0.05) is 60.8 Å². The number of carbonyl (C=O) groups excluding carboxylic acids is 2. The number of carboxylic acids is 1. The predicted octanol–water partition coefficient (Wildman–Crippen LogP) is 3.49. The quantitative estimate of drug-likeness (QED) is 0.485. The zero-order chi connectivity index (χ0) is 20.4. The van der Waals surface area contributed by atoms with Gasteiger partial charge in [0.15, 0.2) is 0 Å². The minimum atomic E-state index is -1.19. The molecule has 0 aromatic rings. The van der Waals surface area contributed by atoms with E-state index in [2.05, 4.69) is 31.4 Å². The van der Waals surface area contributed by atoms with E-state index in [1.165, 1.54) is 12.8 Å². The lowest BCUT2D eigenvalue weighted by Gasteiger charge is -2.20. The standard InChI is InChI=1S/C20H38N2O4/c1-19(2,3)11-9-7-8-10-12-21-16(23)13-15(18(25)26)22-17(24)14-20(4,5)6/h15H,7-14H2,1-6H3,(H,21,23)(H,22,24)(H,25,26)/t15-/m1/s1. The molecule has 0 aliphatic heterocycles. The van der Waals surface area contributed by atoms with Gasteiger partial charge < -0.3 is 15.7 Å². The first kappa shape index (κ1) is 24.4. The van der Waals surface area contributed by atoms with E-state index >= 15 is 0 Å². The maximum Gasteiger partial charge on any atom is 0.326 e. The first-order chi connectivity index (χ1) is 11.8. The highest BCUT2D eigenvalue weighted by Gasteiger charge is 2.25. The van der Waals surface area contributed by atoms with Crippen LogP contribution in [-0.2, 0) is 14.4 Å². The van der Waals surface area contributed by atoms with E-state index in [0.29, 0.717) is 12.0 Å². The highest BCUT2D eigenvalue weighted by atomic mass is 16.4. The van der Waals surface area contributed by atoms with Crippen molar-refractivity contribution in [2.75, 3.05) is 6.54 Å². The van der Waals surface area contributed by atoms with Crippen LogP contribution in [0.5, 0.6) is 0 Å². The maximum atomic E-state index is 11.9. The summed E-state index contributed by atoms with van der Waals surface area (Å²) in [7, 11) is 0. The average molecular weight is 371 g/mol. The van der Waals surface area contributed by atoms with Crippen LogP contribution in [0.4, 0.5) is 0 Å². The van der Waals surface area contributed by atoms with Gasteiger partial charge in [0.1, 0.15) is 6.04 Å². The molecule has 6 nitrogen and oxygen atoms in total. The number of carboxylic acid groups (broad SMARTS) is 1. The normalized spacial score (nSPS) is 13.2. The average Bonchev–Trinajstić information content (AvgIpc) is 2.42. The molecule has 0 aromatic heterocycles. The molecule has 0 aromatic carbocycles. The number of unbranched alkanes of at least 4 members (excludes halogenated alkanes) is 3. The van der Waals surface area contributed by atoms with Crippen LogP contribution in [0.1, 0.15) is 86.5 Å². The second-order valence-corrected chi connectivity index (χ2v) is 9.47. The van der Waals surface area contributed by atoms with Crippen molar-refractivity contribution in [1.82, 2.24) is 10.6 Å². The van der Waals surface area contributed by atoms with Crippen LogP contribution in [0, 0.1) is 10.8 Å². The first-order valence-electron chi connectivity index (χ1n) is 9.59. The predicted molar refractivity (Wildman–Crippen MR) is 104 cm³/mol. The van der Waals surface area contributed by atoms with Crippen molar-refractivity contribution in [3.63, 3.8) is 0 Å². The van der Waals surface area contributed by atoms with Gasteiger partial charge in [0.05, 0.1) is 6.42 Å². The molecule has 0 heterocycles. The van der Waals surface area contributed by atoms with Gasteiger partial charge in [0.2, 0.25) is 11.8 Å². The van der Waals surface area contributed by atoms with Crippen molar-refractivity contribution >= 4 is 17.8 Å². The van der Waals surface area contributed by atoms with Crippen LogP contribution in [0.25, 0.3) is 0 Å². The second kappa shape index (κ2) is 11.2. The first-order valence-corrected chi connectivity index (χ1v) is 9.59. The summed E-state index contributed by atoms with van der Waals surface area (Å²) in [5, 5.41) is 14.4. The highest BCUT2D eigenvalue weighted by molar-refractivity contribution is 5.88. The number of nitrogens with one attached hydrogen (secondary N) is 2. The van der Waals surface area contributed by atoms with Crippen molar-refractivity contribution in [3.8, 4) is 0 Å². The van der Waals surface area contributed by atoms with E-state index in [1.807, 2.05) is 20.8 Å². The number of rotatable bonds is 11. The van der Waals surface area contributed by atoms with Gasteiger partial charge in [-0.25, -0.2) is 4.79 Å². The van der Waals surface area contributed by atoms with Crippen LogP contribution in [0.3, 0.4) is 0 Å². The van der Waals surface area contributed by atoms with E-state index in [0.717, 1.165) is 19.3 Å². The number of aliphatic carboxylic acids is 1. The minimum absolute atomic E-state index is 0.215. The Kier molecular flexibility index (Phi) is 10.5. The van der Waals surface area contributed by atoms with Gasteiger partial charge in [0, 0.05) is 13.0 Å². The fourth-order valence-electron chi connectivity index (χ4n) is 2.55. The summed E-state index contributed by atoms with van der Waals surface area (Å²) in [5.74, 6) is -1.88. The van der Waals surface area contributed by atoms with Gasteiger partial charge in [-0.2, -0.15) is 0 Å². The van der Waals surface area contributed by atoms with Gasteiger partial charge in [0.25, 0.3) is 0 Å². The Hall–Kier alpha value is -1.59. The van der Waals surface area contributed by atoms with Crippen molar-refractivity contribution in [3.05, 3.63) is 0 Å². The molecule has 0 rings (SSSR count). The van der Waals surface area contributed by atoms with Crippen LogP contribution in [0.15, 0.2) is 0 Å². The van der Waals surface area contributed by atoms with Crippen molar-refractivity contribution < 1.29 is 19.5 Å². The second-order valence-electron chi connectivity index (χ2n) is 9.47. The molecule has 0 spiro atoms. The van der Waals surface area contributed by atoms with E-state index in [9.17, 15) is 19.5 Å². The Labute approximate surface area is 158 Å². The number of hydrogen-bond acceptors (Lipinski definition) is 3. The van der Waals surface area contributed by atoms with E-state index in [1.54, 1.807) is 0 Å². The molecule has 0 radical (unpaired) electrons. The molecular formula is C20H38N2O4. The minimum Gasteiger partial charge on any atom is -0.480 e. The summed E-state index contributed by atoms with van der Waals surface area (Å²) in [5.41, 5.74) is 0.125. The number of amides is 2. The fraction of sp³-hybridized carbons (Fsp3) is 0.850. The molecule has 3 N–H and O–H groups in total. The summed E-state index contributed by atoms with van der Waals surface area (Å²) < 4.78 is 0. The Bertz CT molecular complexity index is 461. The lowest BCUT2D eigenvalue weighted by atomic mass is 9.89. The third-order valence-electron chi connectivity index (χ3n) is 3.89. The molecule has 1 atom stereocenters. The van der Waals surface area contributed by atoms with E-state index < -0.39 is 12.0 Å². The van der Waals surface area contributed by atoms with Crippen molar-refractivity contribution in [2.24, 2.45) is 10.8 Å². The van der Waals surface area contributed by atoms with Crippen LogP contribution >= 0.6 is 0 Å². The smallest absolute Gasteiger partial charge is 0.326 e. The lowest BCUT2D eigenvalue weighted by molar-refractivity contribution is -0.143. The Balaban J connectivity index is 4.06. The third-order valence-corrected chi connectivity index (χ3v) is 3.89. The van der Waals surface area contributed by atoms with Crippen LogP contribution in [0.2, 0.25) is 0 Å². The van der Waals surface area contributed by atoms with E-state index in [-0.39, 0.29) is 30.1 Å². The topological polar surface area (TPSA) is 95.5 Å². The maximum absolute atomic E-state index is 11.9. The summed E-state index contributed by atoms with van der Waals surface area (Å²) >= 11 is 0. The van der Waals surface area contributed by atoms with Gasteiger partial charge in [-0.3, -0.25) is 9.59 Å². The lowest BCUT2D eigenvalue weighted by Crippen LogP contribution is -2.45.